The van der Waals surface area contributed by atoms with Crippen LogP contribution in [0.4, 0.5) is 0 Å². The number of hydrogen-bond acceptors (Lipinski definition) is 4. The fraction of sp³-hybridized carbons (Fsp3) is 0.533. The molecule has 5 heteroatoms. The Kier molecular flexibility index (Phi) is 3.57. The first-order valence-electron chi connectivity index (χ1n) is 6.86. The second kappa shape index (κ2) is 5.23. The van der Waals surface area contributed by atoms with Gasteiger partial charge in [0.05, 0.1) is 0 Å². The van der Waals surface area contributed by atoms with Crippen molar-refractivity contribution in [1.29, 1.82) is 0 Å². The Morgan fingerprint density at radius 3 is 2.70 bits per heavy atom. The summed E-state index contributed by atoms with van der Waals surface area (Å²) in [6.45, 7) is 3.10. The van der Waals surface area contributed by atoms with Gasteiger partial charge >= 0.3 is 0 Å². The molecule has 106 valence electrons. The quantitative estimate of drug-likeness (QED) is 0.611. The molecule has 0 spiro atoms. The molecule has 0 unspecified atom stereocenters. The SMILES string of the molecule is Cc1c(Br)cc2c(c1C1(N=C=O)CCCC1)OCCO2. The van der Waals surface area contributed by atoms with Crippen molar-refractivity contribution in [2.75, 3.05) is 13.2 Å². The lowest BCUT2D eigenvalue weighted by Crippen LogP contribution is -2.25. The predicted octanol–water partition coefficient (Wildman–Crippen LogP) is 3.63. The van der Waals surface area contributed by atoms with E-state index in [0.29, 0.717) is 13.2 Å². The van der Waals surface area contributed by atoms with Gasteiger partial charge in [-0.25, -0.2) is 4.79 Å². The average Bonchev–Trinajstić information content (AvgIpc) is 2.90. The minimum absolute atomic E-state index is 0.500. The molecule has 0 atom stereocenters. The molecule has 0 bridgehead atoms. The Morgan fingerprint density at radius 2 is 2.00 bits per heavy atom. The Labute approximate surface area is 126 Å². The summed E-state index contributed by atoms with van der Waals surface area (Å²) in [4.78, 5) is 15.1. The maximum Gasteiger partial charge on any atom is 0.235 e. The zero-order chi connectivity index (χ0) is 14.2. The van der Waals surface area contributed by atoms with Gasteiger partial charge in [-0.1, -0.05) is 28.8 Å². The summed E-state index contributed by atoms with van der Waals surface area (Å²) in [5.41, 5.74) is 1.55. The highest BCUT2D eigenvalue weighted by Crippen LogP contribution is 2.52. The maximum absolute atomic E-state index is 10.9. The molecule has 1 aromatic carbocycles. The van der Waals surface area contributed by atoms with Crippen LogP contribution in [0.25, 0.3) is 0 Å². The summed E-state index contributed by atoms with van der Waals surface area (Å²) >= 11 is 3.57. The zero-order valence-corrected chi connectivity index (χ0v) is 13.0. The number of benzene rings is 1. The van der Waals surface area contributed by atoms with Crippen molar-refractivity contribution in [2.45, 2.75) is 38.1 Å². The summed E-state index contributed by atoms with van der Waals surface area (Å²) in [6.07, 6.45) is 5.60. The van der Waals surface area contributed by atoms with E-state index in [9.17, 15) is 4.79 Å². The number of aliphatic imine (C=N–C) groups is 1. The molecule has 1 aromatic rings. The van der Waals surface area contributed by atoms with E-state index in [0.717, 1.165) is 52.8 Å². The number of ether oxygens (including phenoxy) is 2. The van der Waals surface area contributed by atoms with E-state index in [1.807, 2.05) is 13.0 Å². The minimum Gasteiger partial charge on any atom is -0.486 e. The van der Waals surface area contributed by atoms with Crippen LogP contribution in [0, 0.1) is 6.92 Å². The normalized spacial score (nSPS) is 19.5. The Balaban J connectivity index is 2.26. The fourth-order valence-electron chi connectivity index (χ4n) is 3.27. The van der Waals surface area contributed by atoms with Crippen LogP contribution in [0.2, 0.25) is 0 Å². The highest BCUT2D eigenvalue weighted by Gasteiger charge is 2.41. The summed E-state index contributed by atoms with van der Waals surface area (Å²) in [7, 11) is 0. The number of nitrogens with zero attached hydrogens (tertiary/aromatic N) is 1. The minimum atomic E-state index is -0.500. The van der Waals surface area contributed by atoms with E-state index < -0.39 is 5.54 Å². The standard InChI is InChI=1S/C15H16BrNO3/c1-10-11(16)8-12-14(20-7-6-19-12)13(10)15(17-9-18)4-2-3-5-15/h8H,2-7H2,1H3. The van der Waals surface area contributed by atoms with Gasteiger partial charge in [0.2, 0.25) is 6.08 Å². The number of halogens is 1. The van der Waals surface area contributed by atoms with Crippen LogP contribution in [-0.4, -0.2) is 19.3 Å². The lowest BCUT2D eigenvalue weighted by Gasteiger charge is -2.31. The number of rotatable bonds is 2. The van der Waals surface area contributed by atoms with Gasteiger partial charge in [0.15, 0.2) is 11.5 Å². The molecule has 2 aliphatic rings. The van der Waals surface area contributed by atoms with Crippen molar-refractivity contribution < 1.29 is 14.3 Å². The molecule has 1 fully saturated rings. The van der Waals surface area contributed by atoms with Crippen LogP contribution >= 0.6 is 15.9 Å². The molecular formula is C15H16BrNO3. The van der Waals surface area contributed by atoms with E-state index in [-0.39, 0.29) is 0 Å². The Morgan fingerprint density at radius 1 is 1.30 bits per heavy atom. The van der Waals surface area contributed by atoms with Gasteiger partial charge in [-0.2, -0.15) is 4.99 Å². The van der Waals surface area contributed by atoms with Gasteiger partial charge in [0.25, 0.3) is 0 Å². The largest absolute Gasteiger partial charge is 0.486 e. The monoisotopic (exact) mass is 337 g/mol. The molecule has 1 heterocycles. The molecule has 0 amide bonds. The van der Waals surface area contributed by atoms with Crippen molar-refractivity contribution in [2.24, 2.45) is 4.99 Å². The maximum atomic E-state index is 10.9. The van der Waals surface area contributed by atoms with Crippen molar-refractivity contribution in [3.8, 4) is 11.5 Å². The van der Waals surface area contributed by atoms with Crippen LogP contribution in [0.5, 0.6) is 11.5 Å². The Hall–Kier alpha value is -1.32. The van der Waals surface area contributed by atoms with Crippen molar-refractivity contribution in [3.63, 3.8) is 0 Å². The van der Waals surface area contributed by atoms with Crippen molar-refractivity contribution in [1.82, 2.24) is 0 Å². The number of fused-ring (bicyclic) bond motifs is 1. The van der Waals surface area contributed by atoms with Crippen LogP contribution in [0.3, 0.4) is 0 Å². The first-order valence-corrected chi connectivity index (χ1v) is 7.65. The first kappa shape index (κ1) is 13.7. The van der Waals surface area contributed by atoms with Gasteiger partial charge < -0.3 is 9.47 Å². The zero-order valence-electron chi connectivity index (χ0n) is 11.4. The van der Waals surface area contributed by atoms with Crippen LogP contribution < -0.4 is 9.47 Å². The molecule has 1 saturated carbocycles. The molecule has 0 N–H and O–H groups in total. The molecular weight excluding hydrogens is 322 g/mol. The third-order valence-electron chi connectivity index (χ3n) is 4.18. The Bertz CT molecular complexity index is 587. The molecule has 1 aliphatic heterocycles. The molecule has 20 heavy (non-hydrogen) atoms. The molecule has 1 aliphatic carbocycles. The molecule has 0 aromatic heterocycles. The topological polar surface area (TPSA) is 47.9 Å². The van der Waals surface area contributed by atoms with E-state index in [1.54, 1.807) is 6.08 Å². The van der Waals surface area contributed by atoms with Gasteiger partial charge in [-0.05, 0) is 31.4 Å². The van der Waals surface area contributed by atoms with E-state index in [1.165, 1.54) is 0 Å². The highest BCUT2D eigenvalue weighted by molar-refractivity contribution is 9.10. The fourth-order valence-corrected chi connectivity index (χ4v) is 3.68. The molecule has 3 rings (SSSR count). The highest BCUT2D eigenvalue weighted by atomic mass is 79.9. The number of carbonyl (C=O) groups excluding carboxylic acids is 1. The average molecular weight is 338 g/mol. The van der Waals surface area contributed by atoms with Gasteiger partial charge in [0.1, 0.15) is 18.8 Å². The third kappa shape index (κ3) is 2.05. The molecule has 4 nitrogen and oxygen atoms in total. The lowest BCUT2D eigenvalue weighted by molar-refractivity contribution is 0.166. The summed E-state index contributed by atoms with van der Waals surface area (Å²) in [6, 6.07) is 1.93. The second-order valence-corrected chi connectivity index (χ2v) is 6.18. The summed E-state index contributed by atoms with van der Waals surface area (Å²) in [5, 5.41) is 0. The lowest BCUT2D eigenvalue weighted by atomic mass is 9.84. The van der Waals surface area contributed by atoms with Crippen molar-refractivity contribution in [3.05, 3.63) is 21.7 Å². The van der Waals surface area contributed by atoms with Gasteiger partial charge in [-0.15, -0.1) is 0 Å². The second-order valence-electron chi connectivity index (χ2n) is 5.32. The van der Waals surface area contributed by atoms with Gasteiger partial charge in [0, 0.05) is 10.0 Å². The van der Waals surface area contributed by atoms with Crippen LogP contribution in [0.1, 0.15) is 36.8 Å². The summed E-state index contributed by atoms with van der Waals surface area (Å²) in [5.74, 6) is 1.48. The number of isocyanates is 1. The molecule has 0 radical (unpaired) electrons. The number of hydrogen-bond donors (Lipinski definition) is 0. The third-order valence-corrected chi connectivity index (χ3v) is 5.01. The van der Waals surface area contributed by atoms with E-state index >= 15 is 0 Å². The summed E-state index contributed by atoms with van der Waals surface area (Å²) < 4.78 is 12.5. The van der Waals surface area contributed by atoms with Crippen molar-refractivity contribution >= 4 is 22.0 Å². The predicted molar refractivity (Wildman–Crippen MR) is 78.1 cm³/mol. The van der Waals surface area contributed by atoms with Crippen LogP contribution in [-0.2, 0) is 10.3 Å². The van der Waals surface area contributed by atoms with E-state index in [4.69, 9.17) is 9.47 Å². The van der Waals surface area contributed by atoms with Crippen LogP contribution in [0.15, 0.2) is 15.5 Å². The first-order chi connectivity index (χ1) is 9.68. The molecule has 0 saturated heterocycles. The van der Waals surface area contributed by atoms with Gasteiger partial charge in [-0.3, -0.25) is 0 Å². The van der Waals surface area contributed by atoms with E-state index in [2.05, 4.69) is 20.9 Å². The smallest absolute Gasteiger partial charge is 0.235 e.